The summed E-state index contributed by atoms with van der Waals surface area (Å²) in [4.78, 5) is 21.9. The second-order valence-electron chi connectivity index (χ2n) is 7.06. The molecule has 0 aliphatic carbocycles. The Morgan fingerprint density at radius 3 is 2.77 bits per heavy atom. The fourth-order valence-electron chi connectivity index (χ4n) is 3.66. The van der Waals surface area contributed by atoms with E-state index < -0.39 is 5.82 Å². The maximum atomic E-state index is 14.0. The Morgan fingerprint density at radius 2 is 1.94 bits per heavy atom. The van der Waals surface area contributed by atoms with Crippen LogP contribution in [0.3, 0.4) is 0 Å². The van der Waals surface area contributed by atoms with Gasteiger partial charge in [-0.05, 0) is 42.6 Å². The zero-order valence-corrected chi connectivity index (χ0v) is 17.1. The lowest BCUT2D eigenvalue weighted by Crippen LogP contribution is -2.26. The van der Waals surface area contributed by atoms with E-state index in [9.17, 15) is 9.18 Å². The zero-order valence-electron chi connectivity index (χ0n) is 16.3. The summed E-state index contributed by atoms with van der Waals surface area (Å²) >= 11 is 6.34. The van der Waals surface area contributed by atoms with Crippen LogP contribution in [0, 0.1) is 5.82 Å². The second-order valence-corrected chi connectivity index (χ2v) is 7.47. The lowest BCUT2D eigenvalue weighted by atomic mass is 10.1. The highest BCUT2D eigenvalue weighted by molar-refractivity contribution is 6.35. The van der Waals surface area contributed by atoms with E-state index in [0.29, 0.717) is 38.8 Å². The van der Waals surface area contributed by atoms with Gasteiger partial charge in [-0.15, -0.1) is 0 Å². The largest absolute Gasteiger partial charge is 0.346 e. The molecule has 0 aliphatic heterocycles. The fraction of sp³-hybridized carbons (Fsp3) is 0.0909. The summed E-state index contributed by atoms with van der Waals surface area (Å²) in [5.74, 6) is 0.0243. The second kappa shape index (κ2) is 7.48. The Hall–Kier alpha value is -3.78. The van der Waals surface area contributed by atoms with E-state index in [1.165, 1.54) is 23.0 Å². The molecule has 7 nitrogen and oxygen atoms in total. The number of hydrogen-bond donors (Lipinski definition) is 1. The third kappa shape index (κ3) is 3.30. The van der Waals surface area contributed by atoms with Crippen LogP contribution >= 0.6 is 11.6 Å². The van der Waals surface area contributed by atoms with Gasteiger partial charge in [0.25, 0.3) is 5.56 Å². The molecule has 0 amide bonds. The van der Waals surface area contributed by atoms with Crippen molar-refractivity contribution >= 4 is 34.0 Å². The van der Waals surface area contributed by atoms with E-state index in [1.54, 1.807) is 41.0 Å². The first-order valence-corrected chi connectivity index (χ1v) is 9.92. The van der Waals surface area contributed by atoms with Gasteiger partial charge < -0.3 is 5.32 Å². The molecule has 0 radical (unpaired) electrons. The number of nitrogens with zero attached hydrogens (tertiary/aromatic N) is 5. The average molecular weight is 435 g/mol. The summed E-state index contributed by atoms with van der Waals surface area (Å²) in [6.07, 6.45) is 3.06. The van der Waals surface area contributed by atoms with Gasteiger partial charge in [0, 0.05) is 11.8 Å². The Labute approximate surface area is 180 Å². The van der Waals surface area contributed by atoms with E-state index in [2.05, 4.69) is 20.4 Å². The molecule has 1 atom stereocenters. The van der Waals surface area contributed by atoms with Gasteiger partial charge in [-0.2, -0.15) is 9.61 Å². The molecule has 0 bridgehead atoms. The molecule has 5 aromatic rings. The number of halogens is 2. The number of benzene rings is 2. The van der Waals surface area contributed by atoms with Gasteiger partial charge in [-0.3, -0.25) is 9.36 Å². The molecule has 0 saturated heterocycles. The first-order valence-electron chi connectivity index (χ1n) is 9.54. The molecular weight excluding hydrogens is 419 g/mol. The van der Waals surface area contributed by atoms with Gasteiger partial charge in [0.1, 0.15) is 12.1 Å². The van der Waals surface area contributed by atoms with E-state index in [1.807, 2.05) is 19.1 Å². The monoisotopic (exact) mass is 434 g/mol. The Bertz CT molecular complexity index is 1490. The first kappa shape index (κ1) is 19.2. The van der Waals surface area contributed by atoms with Crippen LogP contribution in [0.4, 0.5) is 10.3 Å². The van der Waals surface area contributed by atoms with Crippen molar-refractivity contribution in [2.45, 2.75) is 13.0 Å². The van der Waals surface area contributed by atoms with Crippen molar-refractivity contribution in [2.24, 2.45) is 0 Å². The molecule has 2 aromatic carbocycles. The number of anilines is 1. The number of pyridine rings is 1. The van der Waals surface area contributed by atoms with Gasteiger partial charge in [0.15, 0.2) is 5.65 Å². The summed E-state index contributed by atoms with van der Waals surface area (Å²) in [7, 11) is 0. The summed E-state index contributed by atoms with van der Waals surface area (Å²) in [6.45, 7) is 1.89. The van der Waals surface area contributed by atoms with Crippen molar-refractivity contribution < 1.29 is 4.39 Å². The number of hydrogen-bond acceptors (Lipinski definition) is 5. The van der Waals surface area contributed by atoms with Crippen LogP contribution in [-0.2, 0) is 0 Å². The Balaban J connectivity index is 1.72. The highest BCUT2D eigenvalue weighted by Crippen LogP contribution is 2.27. The van der Waals surface area contributed by atoms with E-state index in [-0.39, 0.29) is 11.6 Å². The van der Waals surface area contributed by atoms with Crippen molar-refractivity contribution in [1.29, 1.82) is 0 Å². The minimum absolute atomic E-state index is 0.329. The SMILES string of the molecule is CC(Nc1ncnc2ccnn12)c1cc2cccc(Cl)c2c(=O)n1-c1cccc(F)c1. The highest BCUT2D eigenvalue weighted by atomic mass is 35.5. The fourth-order valence-corrected chi connectivity index (χ4v) is 3.92. The topological polar surface area (TPSA) is 77.1 Å². The smallest absolute Gasteiger partial charge is 0.264 e. The molecular formula is C22H16ClFN6O. The summed E-state index contributed by atoms with van der Waals surface area (Å²) in [6, 6.07) is 14.4. The summed E-state index contributed by atoms with van der Waals surface area (Å²) in [5, 5.41) is 8.92. The molecule has 5 rings (SSSR count). The van der Waals surface area contributed by atoms with Crippen LogP contribution in [0.15, 0.2) is 71.9 Å². The van der Waals surface area contributed by atoms with Crippen molar-refractivity contribution in [1.82, 2.24) is 24.1 Å². The molecule has 0 aliphatic rings. The molecule has 0 spiro atoms. The quantitative estimate of drug-likeness (QED) is 0.454. The van der Waals surface area contributed by atoms with Crippen LogP contribution < -0.4 is 10.9 Å². The van der Waals surface area contributed by atoms with Crippen LogP contribution in [0.25, 0.3) is 22.1 Å². The van der Waals surface area contributed by atoms with Gasteiger partial charge in [0.2, 0.25) is 5.95 Å². The molecule has 0 fully saturated rings. The van der Waals surface area contributed by atoms with Gasteiger partial charge in [0.05, 0.1) is 28.3 Å². The zero-order chi connectivity index (χ0) is 21.5. The van der Waals surface area contributed by atoms with Crippen LogP contribution in [0.1, 0.15) is 18.7 Å². The molecule has 1 unspecified atom stereocenters. The molecule has 9 heteroatoms. The van der Waals surface area contributed by atoms with Crippen molar-refractivity contribution in [3.05, 3.63) is 94.0 Å². The number of rotatable bonds is 4. The lowest BCUT2D eigenvalue weighted by molar-refractivity contribution is 0.625. The van der Waals surface area contributed by atoms with Crippen LogP contribution in [-0.4, -0.2) is 24.1 Å². The van der Waals surface area contributed by atoms with Gasteiger partial charge in [-0.25, -0.2) is 14.4 Å². The normalized spacial score (nSPS) is 12.4. The predicted octanol–water partition coefficient (Wildman–Crippen LogP) is 4.39. The minimum Gasteiger partial charge on any atom is -0.346 e. The maximum Gasteiger partial charge on any atom is 0.264 e. The van der Waals surface area contributed by atoms with Crippen LogP contribution in [0.2, 0.25) is 5.02 Å². The first-order chi connectivity index (χ1) is 15.0. The van der Waals surface area contributed by atoms with E-state index in [4.69, 9.17) is 11.6 Å². The maximum absolute atomic E-state index is 14.0. The number of nitrogens with one attached hydrogen (secondary N) is 1. The summed E-state index contributed by atoms with van der Waals surface area (Å²) < 4.78 is 17.0. The van der Waals surface area contributed by atoms with Crippen molar-refractivity contribution in [3.63, 3.8) is 0 Å². The Kier molecular flexibility index (Phi) is 4.63. The standard InChI is InChI=1S/C22H16ClFN6O/c1-13(28-22-26-12-25-19-8-9-27-30(19)22)18-10-14-4-2-7-17(23)20(14)21(31)29(18)16-6-3-5-15(24)11-16/h2-13H,1H3,(H,25,26,28). The molecule has 0 saturated carbocycles. The summed E-state index contributed by atoms with van der Waals surface area (Å²) in [5.41, 5.74) is 1.33. The minimum atomic E-state index is -0.440. The molecule has 31 heavy (non-hydrogen) atoms. The van der Waals surface area contributed by atoms with Crippen molar-refractivity contribution in [2.75, 3.05) is 5.32 Å². The Morgan fingerprint density at radius 1 is 1.10 bits per heavy atom. The van der Waals surface area contributed by atoms with Crippen LogP contribution in [0.5, 0.6) is 0 Å². The molecule has 1 N–H and O–H groups in total. The average Bonchev–Trinajstić information content (AvgIpc) is 3.23. The third-order valence-electron chi connectivity index (χ3n) is 5.07. The van der Waals surface area contributed by atoms with Gasteiger partial charge in [-0.1, -0.05) is 29.8 Å². The lowest BCUT2D eigenvalue weighted by Gasteiger charge is -2.21. The molecule has 154 valence electrons. The number of aromatic nitrogens is 5. The van der Waals surface area contributed by atoms with Gasteiger partial charge >= 0.3 is 0 Å². The van der Waals surface area contributed by atoms with E-state index >= 15 is 0 Å². The third-order valence-corrected chi connectivity index (χ3v) is 5.39. The molecule has 3 heterocycles. The highest BCUT2D eigenvalue weighted by Gasteiger charge is 2.19. The predicted molar refractivity (Wildman–Crippen MR) is 117 cm³/mol. The number of fused-ring (bicyclic) bond motifs is 2. The molecule has 3 aromatic heterocycles. The van der Waals surface area contributed by atoms with Crippen molar-refractivity contribution in [3.8, 4) is 5.69 Å². The van der Waals surface area contributed by atoms with E-state index in [0.717, 1.165) is 0 Å².